The Kier molecular flexibility index (Phi) is 10.3. The van der Waals surface area contributed by atoms with Crippen molar-refractivity contribution in [1.29, 1.82) is 0 Å². The molecular formula is C20H32ClIN6O. The summed E-state index contributed by atoms with van der Waals surface area (Å²) in [6.07, 6.45) is 8.43. The minimum absolute atomic E-state index is 0. The molecule has 0 spiro atoms. The van der Waals surface area contributed by atoms with E-state index >= 15 is 0 Å². The fraction of sp³-hybridized carbons (Fsp3) is 0.650. The van der Waals surface area contributed by atoms with Gasteiger partial charge in [0.15, 0.2) is 5.96 Å². The van der Waals surface area contributed by atoms with Crippen molar-refractivity contribution < 1.29 is 4.79 Å². The van der Waals surface area contributed by atoms with Crippen LogP contribution >= 0.6 is 35.6 Å². The zero-order valence-electron chi connectivity index (χ0n) is 17.0. The van der Waals surface area contributed by atoms with Crippen LogP contribution in [0.5, 0.6) is 0 Å². The van der Waals surface area contributed by atoms with E-state index in [1.807, 2.05) is 12.1 Å². The lowest BCUT2D eigenvalue weighted by atomic mass is 9.89. The third-order valence-corrected chi connectivity index (χ3v) is 5.78. The Morgan fingerprint density at radius 2 is 2.00 bits per heavy atom. The average molecular weight is 535 g/mol. The molecule has 3 N–H and O–H groups in total. The monoisotopic (exact) mass is 534 g/mol. The van der Waals surface area contributed by atoms with E-state index in [1.165, 1.54) is 19.3 Å². The van der Waals surface area contributed by atoms with E-state index in [0.717, 1.165) is 44.1 Å². The molecule has 1 saturated heterocycles. The molecule has 1 aliphatic carbocycles. The van der Waals surface area contributed by atoms with Crippen LogP contribution in [-0.2, 0) is 4.79 Å². The summed E-state index contributed by atoms with van der Waals surface area (Å²) in [5, 5.41) is 10.5. The van der Waals surface area contributed by atoms with Crippen molar-refractivity contribution in [3.8, 4) is 0 Å². The van der Waals surface area contributed by atoms with Crippen molar-refractivity contribution in [2.24, 2.45) is 10.9 Å². The number of aliphatic imine (C=N–C) groups is 1. The van der Waals surface area contributed by atoms with E-state index in [9.17, 15) is 4.79 Å². The van der Waals surface area contributed by atoms with E-state index in [1.54, 1.807) is 13.2 Å². The second kappa shape index (κ2) is 12.4. The molecule has 2 aliphatic rings. The molecule has 2 heterocycles. The number of guanidine groups is 1. The molecule has 1 aromatic rings. The van der Waals surface area contributed by atoms with Gasteiger partial charge in [-0.15, -0.1) is 24.0 Å². The predicted octanol–water partition coefficient (Wildman–Crippen LogP) is 2.79. The second-order valence-corrected chi connectivity index (χ2v) is 7.92. The number of carbonyl (C=O) groups excluding carboxylic acids is 1. The Bertz CT molecular complexity index is 683. The molecule has 2 fully saturated rings. The van der Waals surface area contributed by atoms with Crippen molar-refractivity contribution in [2.45, 2.75) is 44.6 Å². The molecular weight excluding hydrogens is 503 g/mol. The summed E-state index contributed by atoms with van der Waals surface area (Å²) >= 11 is 6.26. The molecule has 0 radical (unpaired) electrons. The van der Waals surface area contributed by atoms with Crippen LogP contribution in [0.25, 0.3) is 0 Å². The van der Waals surface area contributed by atoms with Gasteiger partial charge in [0, 0.05) is 51.4 Å². The van der Waals surface area contributed by atoms with Gasteiger partial charge in [-0.25, -0.2) is 4.98 Å². The number of halogens is 2. The topological polar surface area (TPSA) is 81.6 Å². The highest BCUT2D eigenvalue weighted by molar-refractivity contribution is 14.0. The highest BCUT2D eigenvalue weighted by Crippen LogP contribution is 2.26. The van der Waals surface area contributed by atoms with Crippen molar-refractivity contribution >= 4 is 53.3 Å². The standard InChI is InChI=1S/C20H31ClN6O.HI/c1-22-20(25-12-11-24-19(28)15-6-3-2-4-7-15)26-16-9-13-27(14-16)18-17(21)8-5-10-23-18;/h5,8,10,15-16H,2-4,6-7,9,11-14H2,1H3,(H,24,28)(H2,22,25,26);1H. The number of hydrogen-bond donors (Lipinski definition) is 3. The number of pyridine rings is 1. The molecule has 1 aliphatic heterocycles. The van der Waals surface area contributed by atoms with Gasteiger partial charge in [0.1, 0.15) is 5.82 Å². The SMILES string of the molecule is CN=C(NCCNC(=O)C1CCCCC1)NC1CCN(c2ncccc2Cl)C1.I. The first-order chi connectivity index (χ1) is 13.7. The molecule has 0 aromatic carbocycles. The molecule has 0 bridgehead atoms. The minimum Gasteiger partial charge on any atom is -0.355 e. The molecule has 29 heavy (non-hydrogen) atoms. The van der Waals surface area contributed by atoms with Crippen LogP contribution in [0.1, 0.15) is 38.5 Å². The van der Waals surface area contributed by atoms with Crippen LogP contribution in [0.2, 0.25) is 5.02 Å². The van der Waals surface area contributed by atoms with Gasteiger partial charge < -0.3 is 20.9 Å². The number of carbonyl (C=O) groups is 1. The van der Waals surface area contributed by atoms with Gasteiger partial charge in [0.25, 0.3) is 0 Å². The van der Waals surface area contributed by atoms with Crippen LogP contribution < -0.4 is 20.9 Å². The average Bonchev–Trinajstić information content (AvgIpc) is 3.19. The van der Waals surface area contributed by atoms with E-state index in [0.29, 0.717) is 18.1 Å². The summed E-state index contributed by atoms with van der Waals surface area (Å²) in [5.41, 5.74) is 0. The highest BCUT2D eigenvalue weighted by Gasteiger charge is 2.25. The van der Waals surface area contributed by atoms with Gasteiger partial charge in [-0.05, 0) is 31.4 Å². The van der Waals surface area contributed by atoms with E-state index in [-0.39, 0.29) is 41.8 Å². The van der Waals surface area contributed by atoms with E-state index < -0.39 is 0 Å². The Balaban J connectivity index is 0.00000300. The third kappa shape index (κ3) is 7.16. The number of nitrogens with one attached hydrogen (secondary N) is 3. The smallest absolute Gasteiger partial charge is 0.223 e. The molecule has 1 amide bonds. The molecule has 1 saturated carbocycles. The van der Waals surface area contributed by atoms with Crippen molar-refractivity contribution in [3.05, 3.63) is 23.4 Å². The van der Waals surface area contributed by atoms with Gasteiger partial charge in [0.2, 0.25) is 5.91 Å². The van der Waals surface area contributed by atoms with E-state index in [2.05, 4.69) is 30.8 Å². The van der Waals surface area contributed by atoms with Crippen LogP contribution in [0.3, 0.4) is 0 Å². The summed E-state index contributed by atoms with van der Waals surface area (Å²) in [6.45, 7) is 3.00. The Morgan fingerprint density at radius 3 is 2.72 bits per heavy atom. The molecule has 1 unspecified atom stereocenters. The largest absolute Gasteiger partial charge is 0.355 e. The lowest BCUT2D eigenvalue weighted by Gasteiger charge is -2.21. The maximum Gasteiger partial charge on any atom is 0.223 e. The van der Waals surface area contributed by atoms with Gasteiger partial charge in [-0.2, -0.15) is 0 Å². The second-order valence-electron chi connectivity index (χ2n) is 7.51. The van der Waals surface area contributed by atoms with Crippen LogP contribution in [0, 0.1) is 5.92 Å². The fourth-order valence-corrected chi connectivity index (χ4v) is 4.19. The highest BCUT2D eigenvalue weighted by atomic mass is 127. The Hall–Kier alpha value is -1.29. The number of amides is 1. The first-order valence-electron chi connectivity index (χ1n) is 10.3. The third-order valence-electron chi connectivity index (χ3n) is 5.48. The summed E-state index contributed by atoms with van der Waals surface area (Å²) in [4.78, 5) is 23.1. The zero-order chi connectivity index (χ0) is 19.8. The number of hydrogen-bond acceptors (Lipinski definition) is 4. The van der Waals surface area contributed by atoms with Gasteiger partial charge >= 0.3 is 0 Å². The predicted molar refractivity (Wildman–Crippen MR) is 129 cm³/mol. The minimum atomic E-state index is 0. The van der Waals surface area contributed by atoms with Gasteiger partial charge in [0.05, 0.1) is 5.02 Å². The van der Waals surface area contributed by atoms with Crippen LogP contribution in [0.4, 0.5) is 5.82 Å². The van der Waals surface area contributed by atoms with Crippen molar-refractivity contribution in [2.75, 3.05) is 38.1 Å². The maximum absolute atomic E-state index is 12.2. The summed E-state index contributed by atoms with van der Waals surface area (Å²) in [5.74, 6) is 1.99. The summed E-state index contributed by atoms with van der Waals surface area (Å²) < 4.78 is 0. The summed E-state index contributed by atoms with van der Waals surface area (Å²) in [7, 11) is 1.76. The zero-order valence-corrected chi connectivity index (χ0v) is 20.1. The van der Waals surface area contributed by atoms with Gasteiger partial charge in [-0.1, -0.05) is 30.9 Å². The normalized spacial score (nSPS) is 20.1. The molecule has 3 rings (SSSR count). The van der Waals surface area contributed by atoms with Crippen LogP contribution in [-0.4, -0.2) is 56.1 Å². The lowest BCUT2D eigenvalue weighted by molar-refractivity contribution is -0.125. The first kappa shape index (κ1) is 24.0. The fourth-order valence-electron chi connectivity index (χ4n) is 3.94. The number of nitrogens with zero attached hydrogens (tertiary/aromatic N) is 3. The van der Waals surface area contributed by atoms with Crippen molar-refractivity contribution in [1.82, 2.24) is 20.9 Å². The molecule has 1 atom stereocenters. The van der Waals surface area contributed by atoms with Crippen molar-refractivity contribution in [3.63, 3.8) is 0 Å². The first-order valence-corrected chi connectivity index (χ1v) is 10.7. The Morgan fingerprint density at radius 1 is 1.24 bits per heavy atom. The maximum atomic E-state index is 12.2. The van der Waals surface area contributed by atoms with E-state index in [4.69, 9.17) is 11.6 Å². The van der Waals surface area contributed by atoms with Gasteiger partial charge in [-0.3, -0.25) is 9.79 Å². The number of rotatable bonds is 6. The summed E-state index contributed by atoms with van der Waals surface area (Å²) in [6, 6.07) is 3.99. The lowest BCUT2D eigenvalue weighted by Crippen LogP contribution is -2.47. The number of anilines is 1. The molecule has 1 aromatic heterocycles. The quantitative estimate of drug-likeness (QED) is 0.226. The molecule has 162 valence electrons. The number of aromatic nitrogens is 1. The Labute approximate surface area is 195 Å². The molecule has 9 heteroatoms. The molecule has 7 nitrogen and oxygen atoms in total. The van der Waals surface area contributed by atoms with Crippen LogP contribution in [0.15, 0.2) is 23.3 Å².